The minimum Gasteiger partial charge on any atom is -0.507 e. The molecule has 5 rings (SSSR count). The fourth-order valence-electron chi connectivity index (χ4n) is 2.46. The number of aromatic carboxylic acids is 1. The Hall–Kier alpha value is -3.14. The second-order valence-corrected chi connectivity index (χ2v) is 8.72. The van der Waals surface area contributed by atoms with Crippen molar-refractivity contribution in [3.8, 4) is 5.75 Å². The highest BCUT2D eigenvalue weighted by Gasteiger charge is 2.11. The van der Waals surface area contributed by atoms with Crippen LogP contribution in [0.3, 0.4) is 0 Å². The second-order valence-electron chi connectivity index (χ2n) is 5.85. The molecule has 6 nitrogen and oxygen atoms in total. The number of hydrogen-bond donors (Lipinski definition) is 3. The smallest absolute Gasteiger partial charge is 0.339 e. The van der Waals surface area contributed by atoms with E-state index in [1.54, 1.807) is 29.7 Å². The number of hydrogen-bond acceptors (Lipinski definition) is 5. The minimum absolute atomic E-state index is 0.0671. The van der Waals surface area contributed by atoms with Crippen molar-refractivity contribution < 1.29 is 19.2 Å². The third-order valence-electron chi connectivity index (χ3n) is 3.86. The van der Waals surface area contributed by atoms with Crippen LogP contribution in [0.25, 0.3) is 10.2 Å². The molecule has 1 aliphatic heterocycles. The van der Waals surface area contributed by atoms with Crippen molar-refractivity contribution >= 4 is 56.9 Å². The molecular weight excluding hydrogens is 440 g/mol. The van der Waals surface area contributed by atoms with Gasteiger partial charge >= 0.3 is 5.97 Å². The molecule has 9 heteroatoms. The molecule has 0 spiro atoms. The van der Waals surface area contributed by atoms with Crippen LogP contribution in [0.15, 0.2) is 82.1 Å². The Morgan fingerprint density at radius 1 is 1.00 bits per heavy atom. The van der Waals surface area contributed by atoms with Crippen molar-refractivity contribution in [2.45, 2.75) is 4.90 Å². The molecule has 0 aliphatic carbocycles. The van der Waals surface area contributed by atoms with E-state index in [1.807, 2.05) is 42.5 Å². The number of aromatic amines is 1. The standard InChI is InChI=1S/C7H5NOS.C7H5NS2.C7H6O3/c9-10-7-4-2-1-3-6(7)5-8-10;9-7-8-5-3-1-2-4-6(5)10-7;8-6-4-2-1-3-5(6)7(9)10/h1-5H;1-4H,(H,8,9);1-4,8H,(H,9,10). The molecule has 0 radical (unpaired) electrons. The maximum absolute atomic E-state index is 11.0. The van der Waals surface area contributed by atoms with Gasteiger partial charge in [0.25, 0.3) is 0 Å². The molecule has 152 valence electrons. The number of rotatable bonds is 1. The summed E-state index contributed by atoms with van der Waals surface area (Å²) >= 11 is 6.59. The predicted octanol–water partition coefficient (Wildman–Crippen LogP) is 5.19. The monoisotopic (exact) mass is 456 g/mol. The molecular formula is C21H16N2O4S3. The van der Waals surface area contributed by atoms with Crippen LogP contribution >= 0.6 is 23.6 Å². The van der Waals surface area contributed by atoms with Gasteiger partial charge in [0.1, 0.15) is 11.3 Å². The Balaban J connectivity index is 0.000000128. The van der Waals surface area contributed by atoms with Crippen molar-refractivity contribution in [1.82, 2.24) is 4.98 Å². The molecule has 0 fully saturated rings. The van der Waals surface area contributed by atoms with Crippen LogP contribution in [0.2, 0.25) is 0 Å². The van der Waals surface area contributed by atoms with Crippen LogP contribution in [0.4, 0.5) is 0 Å². The van der Waals surface area contributed by atoms with Gasteiger partial charge in [0.05, 0.1) is 15.1 Å². The number of carboxylic acids is 1. The summed E-state index contributed by atoms with van der Waals surface area (Å²) in [5.41, 5.74) is 2.04. The van der Waals surface area contributed by atoms with Gasteiger partial charge in [-0.25, -0.2) is 9.00 Å². The number of aromatic nitrogens is 1. The van der Waals surface area contributed by atoms with Gasteiger partial charge in [0, 0.05) is 11.8 Å². The maximum atomic E-state index is 11.0. The van der Waals surface area contributed by atoms with Gasteiger partial charge in [-0.2, -0.15) is 4.40 Å². The van der Waals surface area contributed by atoms with Crippen molar-refractivity contribution in [2.24, 2.45) is 4.40 Å². The fraction of sp³-hybridized carbons (Fsp3) is 0. The molecule has 3 aromatic carbocycles. The third-order valence-corrected chi connectivity index (χ3v) is 6.12. The molecule has 4 aromatic rings. The summed E-state index contributed by atoms with van der Waals surface area (Å²) in [5, 5.41) is 17.3. The number of H-pyrrole nitrogens is 1. The zero-order valence-corrected chi connectivity index (χ0v) is 17.8. The van der Waals surface area contributed by atoms with Crippen molar-refractivity contribution in [3.05, 3.63) is 87.9 Å². The van der Waals surface area contributed by atoms with E-state index in [0.717, 1.165) is 19.9 Å². The van der Waals surface area contributed by atoms with Gasteiger partial charge in [-0.15, -0.1) is 11.3 Å². The summed E-state index contributed by atoms with van der Waals surface area (Å²) in [6, 6.07) is 21.4. The van der Waals surface area contributed by atoms with Gasteiger partial charge in [-0.3, -0.25) is 0 Å². The SMILES string of the molecule is O=C(O)c1ccccc1O.O=S1N=Cc2ccccc21.S=c1[nH]c2ccccc2s1. The molecule has 3 N–H and O–H groups in total. The number of nitrogens with one attached hydrogen (secondary N) is 1. The molecule has 30 heavy (non-hydrogen) atoms. The van der Waals surface area contributed by atoms with Crippen LogP contribution in [0, 0.1) is 3.95 Å². The van der Waals surface area contributed by atoms with E-state index in [-0.39, 0.29) is 11.3 Å². The molecule has 0 saturated carbocycles. The highest BCUT2D eigenvalue weighted by atomic mass is 32.2. The lowest BCUT2D eigenvalue weighted by molar-refractivity contribution is 0.0693. The van der Waals surface area contributed by atoms with E-state index in [1.165, 1.54) is 16.8 Å². The summed E-state index contributed by atoms with van der Waals surface area (Å²) in [6.45, 7) is 0. The first-order valence-corrected chi connectivity index (χ1v) is 10.9. The number of para-hydroxylation sites is 2. The van der Waals surface area contributed by atoms with Crippen molar-refractivity contribution in [1.29, 1.82) is 0 Å². The van der Waals surface area contributed by atoms with Gasteiger partial charge in [-0.05, 0) is 42.5 Å². The summed E-state index contributed by atoms with van der Waals surface area (Å²) in [6.07, 6.45) is 1.64. The average Bonchev–Trinajstić information content (AvgIpc) is 3.31. The first kappa shape index (κ1) is 21.6. The van der Waals surface area contributed by atoms with Crippen LogP contribution < -0.4 is 0 Å². The van der Waals surface area contributed by atoms with Crippen LogP contribution in [-0.2, 0) is 11.0 Å². The predicted molar refractivity (Wildman–Crippen MR) is 123 cm³/mol. The number of phenols is 1. The van der Waals surface area contributed by atoms with Gasteiger partial charge < -0.3 is 15.2 Å². The number of benzene rings is 3. The Kier molecular flexibility index (Phi) is 7.23. The fourth-order valence-corrected chi connectivity index (χ4v) is 4.41. The number of fused-ring (bicyclic) bond motifs is 2. The van der Waals surface area contributed by atoms with E-state index in [0.29, 0.717) is 0 Å². The second kappa shape index (κ2) is 10.1. The molecule has 1 atom stereocenters. The average molecular weight is 457 g/mol. The van der Waals surface area contributed by atoms with Crippen LogP contribution in [-0.4, -0.2) is 31.6 Å². The van der Waals surface area contributed by atoms with Gasteiger partial charge in [0.2, 0.25) is 0 Å². The number of carboxylic acid groups (broad SMARTS) is 1. The van der Waals surface area contributed by atoms with Gasteiger partial charge in [-0.1, -0.05) is 42.5 Å². The molecule has 0 saturated heterocycles. The Labute approximate surface area is 183 Å². The Morgan fingerprint density at radius 3 is 2.33 bits per heavy atom. The van der Waals surface area contributed by atoms with Crippen LogP contribution in [0.5, 0.6) is 5.75 Å². The highest BCUT2D eigenvalue weighted by molar-refractivity contribution is 7.84. The lowest BCUT2D eigenvalue weighted by Crippen LogP contribution is -1.95. The zero-order chi connectivity index (χ0) is 21.5. The number of aromatic hydroxyl groups is 1. The lowest BCUT2D eigenvalue weighted by Gasteiger charge is -1.95. The lowest BCUT2D eigenvalue weighted by atomic mass is 10.2. The Bertz CT molecular complexity index is 1250. The van der Waals surface area contributed by atoms with E-state index in [2.05, 4.69) is 15.4 Å². The number of carbonyl (C=O) groups is 1. The molecule has 1 unspecified atom stereocenters. The summed E-state index contributed by atoms with van der Waals surface area (Å²) < 4.78 is 16.8. The maximum Gasteiger partial charge on any atom is 0.339 e. The summed E-state index contributed by atoms with van der Waals surface area (Å²) in [5.74, 6) is -1.31. The normalized spacial score (nSPS) is 13.5. The first-order valence-electron chi connectivity index (χ1n) is 8.60. The Morgan fingerprint density at radius 2 is 1.67 bits per heavy atom. The molecule has 2 heterocycles. The summed E-state index contributed by atoms with van der Waals surface area (Å²) in [4.78, 5) is 14.2. The van der Waals surface area contributed by atoms with E-state index in [4.69, 9.17) is 22.4 Å². The number of thiazole rings is 1. The van der Waals surface area contributed by atoms with E-state index < -0.39 is 17.0 Å². The zero-order valence-electron chi connectivity index (χ0n) is 15.4. The topological polar surface area (TPSA) is 103 Å². The van der Waals surface area contributed by atoms with E-state index >= 15 is 0 Å². The van der Waals surface area contributed by atoms with Crippen molar-refractivity contribution in [2.75, 3.05) is 0 Å². The van der Waals surface area contributed by atoms with Gasteiger partial charge in [0.15, 0.2) is 14.9 Å². The number of nitrogens with zero attached hydrogens (tertiary/aromatic N) is 1. The molecule has 0 bridgehead atoms. The molecule has 1 aromatic heterocycles. The largest absolute Gasteiger partial charge is 0.507 e. The molecule has 1 aliphatic rings. The third kappa shape index (κ3) is 5.47. The highest BCUT2D eigenvalue weighted by Crippen LogP contribution is 2.18. The van der Waals surface area contributed by atoms with Crippen molar-refractivity contribution in [3.63, 3.8) is 0 Å². The quantitative estimate of drug-likeness (QED) is 0.342. The van der Waals surface area contributed by atoms with Crippen LogP contribution in [0.1, 0.15) is 15.9 Å². The molecule has 0 amide bonds. The summed E-state index contributed by atoms with van der Waals surface area (Å²) in [7, 11) is -1.13. The van der Waals surface area contributed by atoms with E-state index in [9.17, 15) is 9.00 Å². The first-order chi connectivity index (χ1) is 14.5. The minimum atomic E-state index is -1.13.